The molecule has 7 nitrogen and oxygen atoms in total. The second kappa shape index (κ2) is 8.44. The number of amides is 1. The van der Waals surface area contributed by atoms with E-state index in [2.05, 4.69) is 5.32 Å². The van der Waals surface area contributed by atoms with Crippen LogP contribution in [0.25, 0.3) is 0 Å². The minimum absolute atomic E-state index is 0.00311. The maximum Gasteiger partial charge on any atom is 0.340 e. The van der Waals surface area contributed by atoms with Crippen molar-refractivity contribution in [3.63, 3.8) is 0 Å². The zero-order valence-electron chi connectivity index (χ0n) is 14.2. The number of benzene rings is 2. The van der Waals surface area contributed by atoms with Crippen LogP contribution in [0.1, 0.15) is 29.8 Å². The Balaban J connectivity index is 2.04. The number of non-ortho nitro benzene ring substituents is 1. The lowest BCUT2D eigenvalue weighted by molar-refractivity contribution is -0.384. The Kier molecular flexibility index (Phi) is 6.30. The Morgan fingerprint density at radius 1 is 1.23 bits per heavy atom. The molecule has 0 aromatic heterocycles. The molecule has 0 heterocycles. The number of carbonyl (C=O) groups is 2. The van der Waals surface area contributed by atoms with Gasteiger partial charge in [0.2, 0.25) is 0 Å². The minimum atomic E-state index is -1.11. The van der Waals surface area contributed by atoms with Gasteiger partial charge in [-0.05, 0) is 37.1 Å². The number of esters is 1. The maximum atomic E-state index is 12.2. The average molecular weight is 377 g/mol. The van der Waals surface area contributed by atoms with Crippen molar-refractivity contribution in [2.45, 2.75) is 26.4 Å². The van der Waals surface area contributed by atoms with Crippen LogP contribution in [0, 0.1) is 10.1 Å². The number of aryl methyl sites for hydroxylation is 1. The molecule has 136 valence electrons. The highest BCUT2D eigenvalue weighted by Gasteiger charge is 2.22. The first-order chi connectivity index (χ1) is 12.3. The van der Waals surface area contributed by atoms with E-state index < -0.39 is 22.9 Å². The molecule has 0 bridgehead atoms. The van der Waals surface area contributed by atoms with Crippen molar-refractivity contribution in [1.82, 2.24) is 0 Å². The van der Waals surface area contributed by atoms with Crippen LogP contribution < -0.4 is 5.32 Å². The Hall–Kier alpha value is -2.93. The fraction of sp³-hybridized carbons (Fsp3) is 0.222. The zero-order chi connectivity index (χ0) is 19.3. The molecule has 8 heteroatoms. The highest BCUT2D eigenvalue weighted by Crippen LogP contribution is 2.23. The monoisotopic (exact) mass is 376 g/mol. The van der Waals surface area contributed by atoms with Crippen LogP contribution in [0.5, 0.6) is 0 Å². The van der Waals surface area contributed by atoms with Gasteiger partial charge in [-0.3, -0.25) is 14.9 Å². The molecule has 1 unspecified atom stereocenters. The van der Waals surface area contributed by atoms with Crippen molar-refractivity contribution in [3.8, 4) is 0 Å². The molecule has 0 saturated heterocycles. The molecule has 1 N–H and O–H groups in total. The van der Waals surface area contributed by atoms with Crippen molar-refractivity contribution >= 4 is 34.9 Å². The number of nitro groups is 1. The summed E-state index contributed by atoms with van der Waals surface area (Å²) < 4.78 is 5.07. The van der Waals surface area contributed by atoms with Gasteiger partial charge in [0, 0.05) is 17.8 Å². The first-order valence-electron chi connectivity index (χ1n) is 7.86. The smallest absolute Gasteiger partial charge is 0.340 e. The number of halogens is 1. The molecular formula is C18H17ClN2O5. The van der Waals surface area contributed by atoms with Gasteiger partial charge in [0.1, 0.15) is 0 Å². The summed E-state index contributed by atoms with van der Waals surface area (Å²) in [6.45, 7) is 3.42. The molecule has 1 atom stereocenters. The molecule has 2 rings (SSSR count). The number of nitrogens with zero attached hydrogens (tertiary/aromatic N) is 1. The van der Waals surface area contributed by atoms with Gasteiger partial charge in [-0.15, -0.1) is 0 Å². The third-order valence-corrected chi connectivity index (χ3v) is 3.99. The maximum absolute atomic E-state index is 12.2. The molecule has 0 saturated carbocycles. The van der Waals surface area contributed by atoms with E-state index in [4.69, 9.17) is 16.3 Å². The Bertz CT molecular complexity index is 836. The summed E-state index contributed by atoms with van der Waals surface area (Å²) in [6, 6.07) is 10.7. The Morgan fingerprint density at radius 3 is 2.46 bits per heavy atom. The average Bonchev–Trinajstić information content (AvgIpc) is 2.62. The lowest BCUT2D eigenvalue weighted by Crippen LogP contribution is -2.30. The number of nitro benzene ring substituents is 1. The Labute approximate surface area is 155 Å². The van der Waals surface area contributed by atoms with Crippen molar-refractivity contribution in [3.05, 3.63) is 68.7 Å². The van der Waals surface area contributed by atoms with Gasteiger partial charge in [-0.25, -0.2) is 4.79 Å². The standard InChI is InChI=1S/C18H17ClN2O5/c1-3-12-4-6-13(7-5-12)20-17(22)11(2)26-18(23)15-10-14(21(24)25)8-9-16(15)19/h4-11H,3H2,1-2H3,(H,20,22). The second-order valence-corrected chi connectivity index (χ2v) is 5.92. The molecule has 0 aliphatic heterocycles. The second-order valence-electron chi connectivity index (χ2n) is 5.51. The number of anilines is 1. The van der Waals surface area contributed by atoms with Crippen LogP contribution in [-0.4, -0.2) is 22.9 Å². The van der Waals surface area contributed by atoms with E-state index in [0.717, 1.165) is 18.1 Å². The molecule has 0 spiro atoms. The zero-order valence-corrected chi connectivity index (χ0v) is 14.9. The topological polar surface area (TPSA) is 98.5 Å². The minimum Gasteiger partial charge on any atom is -0.449 e. The highest BCUT2D eigenvalue weighted by molar-refractivity contribution is 6.33. The summed E-state index contributed by atoms with van der Waals surface area (Å²) in [5.74, 6) is -1.44. The molecule has 0 radical (unpaired) electrons. The predicted octanol–water partition coefficient (Wildman–Crippen LogP) is 3.99. The molecule has 0 fully saturated rings. The third-order valence-electron chi connectivity index (χ3n) is 3.66. The number of hydrogen-bond donors (Lipinski definition) is 1. The summed E-state index contributed by atoms with van der Waals surface area (Å²) >= 11 is 5.89. The lowest BCUT2D eigenvalue weighted by Gasteiger charge is -2.14. The molecule has 2 aromatic carbocycles. The normalized spacial score (nSPS) is 11.5. The number of rotatable bonds is 6. The number of ether oxygens (including phenoxy) is 1. The van der Waals surface area contributed by atoms with Crippen molar-refractivity contribution in [2.75, 3.05) is 5.32 Å². The van der Waals surface area contributed by atoms with Gasteiger partial charge >= 0.3 is 5.97 Å². The van der Waals surface area contributed by atoms with E-state index in [1.165, 1.54) is 19.1 Å². The SMILES string of the molecule is CCc1ccc(NC(=O)C(C)OC(=O)c2cc([N+](=O)[O-])ccc2Cl)cc1. The van der Waals surface area contributed by atoms with Crippen LogP contribution in [0.15, 0.2) is 42.5 Å². The van der Waals surface area contributed by atoms with E-state index in [1.54, 1.807) is 12.1 Å². The predicted molar refractivity (Wildman–Crippen MR) is 97.4 cm³/mol. The van der Waals surface area contributed by atoms with Crippen LogP contribution in [0.4, 0.5) is 11.4 Å². The summed E-state index contributed by atoms with van der Waals surface area (Å²) in [6.07, 6.45) is -0.227. The van der Waals surface area contributed by atoms with E-state index in [1.807, 2.05) is 19.1 Å². The van der Waals surface area contributed by atoms with Crippen LogP contribution >= 0.6 is 11.6 Å². The molecule has 1 amide bonds. The lowest BCUT2D eigenvalue weighted by atomic mass is 10.1. The van der Waals surface area contributed by atoms with E-state index in [-0.39, 0.29) is 16.3 Å². The van der Waals surface area contributed by atoms with E-state index in [9.17, 15) is 19.7 Å². The van der Waals surface area contributed by atoms with Crippen molar-refractivity contribution in [1.29, 1.82) is 0 Å². The van der Waals surface area contributed by atoms with E-state index >= 15 is 0 Å². The van der Waals surface area contributed by atoms with Crippen LogP contribution in [0.3, 0.4) is 0 Å². The fourth-order valence-corrected chi connectivity index (χ4v) is 2.32. The molecule has 0 aliphatic carbocycles. The number of hydrogen-bond acceptors (Lipinski definition) is 5. The number of carbonyl (C=O) groups excluding carboxylic acids is 2. The molecule has 26 heavy (non-hydrogen) atoms. The summed E-state index contributed by atoms with van der Waals surface area (Å²) in [4.78, 5) is 34.5. The van der Waals surface area contributed by atoms with Gasteiger partial charge < -0.3 is 10.1 Å². The quantitative estimate of drug-likeness (QED) is 0.466. The Morgan fingerprint density at radius 2 is 1.88 bits per heavy atom. The first-order valence-corrected chi connectivity index (χ1v) is 8.24. The third kappa shape index (κ3) is 4.80. The summed E-state index contributed by atoms with van der Waals surface area (Å²) in [5, 5.41) is 13.5. The summed E-state index contributed by atoms with van der Waals surface area (Å²) in [5.41, 5.74) is 1.23. The van der Waals surface area contributed by atoms with Gasteiger partial charge in [0.15, 0.2) is 6.10 Å². The first kappa shape index (κ1) is 19.4. The largest absolute Gasteiger partial charge is 0.449 e. The van der Waals surface area contributed by atoms with Crippen molar-refractivity contribution in [2.24, 2.45) is 0 Å². The van der Waals surface area contributed by atoms with Crippen LogP contribution in [-0.2, 0) is 16.0 Å². The van der Waals surface area contributed by atoms with Gasteiger partial charge in [0.05, 0.1) is 15.5 Å². The van der Waals surface area contributed by atoms with E-state index in [0.29, 0.717) is 5.69 Å². The van der Waals surface area contributed by atoms with Crippen LogP contribution in [0.2, 0.25) is 5.02 Å². The summed E-state index contributed by atoms with van der Waals surface area (Å²) in [7, 11) is 0. The molecule has 2 aromatic rings. The number of nitrogens with one attached hydrogen (secondary N) is 1. The highest BCUT2D eigenvalue weighted by atomic mass is 35.5. The van der Waals surface area contributed by atoms with Gasteiger partial charge in [0.25, 0.3) is 11.6 Å². The van der Waals surface area contributed by atoms with Gasteiger partial charge in [-0.1, -0.05) is 30.7 Å². The molecular weight excluding hydrogens is 360 g/mol. The van der Waals surface area contributed by atoms with Gasteiger partial charge in [-0.2, -0.15) is 0 Å². The molecule has 0 aliphatic rings. The fourth-order valence-electron chi connectivity index (χ4n) is 2.13. The van der Waals surface area contributed by atoms with Crippen molar-refractivity contribution < 1.29 is 19.2 Å².